The van der Waals surface area contributed by atoms with Gasteiger partial charge in [0, 0.05) is 18.1 Å². The zero-order valence-electron chi connectivity index (χ0n) is 10.4. The summed E-state index contributed by atoms with van der Waals surface area (Å²) in [6.45, 7) is 2.11. The number of methoxy groups -OCH3 is 1. The maximum Gasteiger partial charge on any atom is 0.257 e. The normalized spacial score (nSPS) is 19.1. The molecule has 1 aliphatic rings. The predicted molar refractivity (Wildman–Crippen MR) is 71.1 cm³/mol. The molecule has 0 aromatic heterocycles. The van der Waals surface area contributed by atoms with Crippen molar-refractivity contribution in [2.75, 3.05) is 26.7 Å². The minimum atomic E-state index is -0.0144. The van der Waals surface area contributed by atoms with Crippen LogP contribution in [0.4, 0.5) is 0 Å². The van der Waals surface area contributed by atoms with Crippen LogP contribution in [0, 0.1) is 5.92 Å². The van der Waals surface area contributed by atoms with Crippen LogP contribution in [-0.2, 0) is 0 Å². The Morgan fingerprint density at radius 3 is 3.00 bits per heavy atom. The molecule has 1 atom stereocenters. The Labute approximate surface area is 112 Å². The average molecular weight is 269 g/mol. The fourth-order valence-electron chi connectivity index (χ4n) is 2.22. The van der Waals surface area contributed by atoms with Crippen molar-refractivity contribution < 1.29 is 9.53 Å². The van der Waals surface area contributed by atoms with E-state index in [0.29, 0.717) is 28.8 Å². The van der Waals surface area contributed by atoms with Crippen LogP contribution in [0.5, 0.6) is 5.75 Å². The van der Waals surface area contributed by atoms with Crippen LogP contribution in [0.25, 0.3) is 0 Å². The molecule has 18 heavy (non-hydrogen) atoms. The number of hydrogen-bond donors (Lipinski definition) is 1. The summed E-state index contributed by atoms with van der Waals surface area (Å²) in [5, 5.41) is 0.560. The van der Waals surface area contributed by atoms with Gasteiger partial charge in [0.2, 0.25) is 0 Å². The van der Waals surface area contributed by atoms with Gasteiger partial charge in [0.15, 0.2) is 0 Å². The van der Waals surface area contributed by atoms with Gasteiger partial charge in [-0.3, -0.25) is 4.79 Å². The fourth-order valence-corrected chi connectivity index (χ4v) is 2.38. The number of hydrogen-bond acceptors (Lipinski definition) is 3. The molecule has 4 nitrogen and oxygen atoms in total. The first-order valence-corrected chi connectivity index (χ1v) is 6.36. The summed E-state index contributed by atoms with van der Waals surface area (Å²) in [5.41, 5.74) is 6.19. The van der Waals surface area contributed by atoms with Crippen LogP contribution >= 0.6 is 11.6 Å². The molecule has 1 aromatic rings. The largest absolute Gasteiger partial charge is 0.496 e. The molecule has 1 heterocycles. The van der Waals surface area contributed by atoms with Gasteiger partial charge in [0.05, 0.1) is 12.7 Å². The van der Waals surface area contributed by atoms with Crippen molar-refractivity contribution in [1.82, 2.24) is 4.90 Å². The monoisotopic (exact) mass is 268 g/mol. The molecule has 1 saturated heterocycles. The van der Waals surface area contributed by atoms with E-state index < -0.39 is 0 Å². The molecule has 2 rings (SSSR count). The molecule has 0 spiro atoms. The molecule has 98 valence electrons. The van der Waals surface area contributed by atoms with Gasteiger partial charge in [-0.25, -0.2) is 0 Å². The molecule has 0 saturated carbocycles. The van der Waals surface area contributed by atoms with E-state index in [4.69, 9.17) is 22.1 Å². The number of carbonyl (C=O) groups excluding carboxylic acids is 1. The summed E-state index contributed by atoms with van der Waals surface area (Å²) in [7, 11) is 1.54. The lowest BCUT2D eigenvalue weighted by Gasteiger charge is -2.18. The van der Waals surface area contributed by atoms with E-state index in [1.165, 1.54) is 7.11 Å². The standard InChI is InChI=1S/C13H17ClN2O2/c1-18-12-6-10(14)2-3-11(12)13(17)16-5-4-9(7-15)8-16/h2-3,6,9H,4-5,7-8,15H2,1H3. The minimum absolute atomic E-state index is 0.0144. The molecule has 1 aliphatic heterocycles. The van der Waals surface area contributed by atoms with Gasteiger partial charge in [0.25, 0.3) is 5.91 Å². The second kappa shape index (κ2) is 5.59. The number of nitrogens with two attached hydrogens (primary N) is 1. The van der Waals surface area contributed by atoms with Crippen molar-refractivity contribution in [3.8, 4) is 5.75 Å². The first-order chi connectivity index (χ1) is 8.65. The number of amides is 1. The molecular weight excluding hydrogens is 252 g/mol. The number of nitrogens with zero attached hydrogens (tertiary/aromatic N) is 1. The first-order valence-electron chi connectivity index (χ1n) is 5.98. The number of rotatable bonds is 3. The average Bonchev–Trinajstić information content (AvgIpc) is 2.86. The molecule has 0 radical (unpaired) electrons. The highest BCUT2D eigenvalue weighted by molar-refractivity contribution is 6.30. The van der Waals surface area contributed by atoms with E-state index in [1.807, 2.05) is 4.90 Å². The Balaban J connectivity index is 2.19. The van der Waals surface area contributed by atoms with Crippen LogP contribution < -0.4 is 10.5 Å². The number of ether oxygens (including phenoxy) is 1. The topological polar surface area (TPSA) is 55.6 Å². The zero-order valence-corrected chi connectivity index (χ0v) is 11.1. The van der Waals surface area contributed by atoms with Gasteiger partial charge in [-0.15, -0.1) is 0 Å². The van der Waals surface area contributed by atoms with Crippen molar-refractivity contribution in [3.05, 3.63) is 28.8 Å². The van der Waals surface area contributed by atoms with Crippen LogP contribution in [-0.4, -0.2) is 37.6 Å². The summed E-state index contributed by atoms with van der Waals surface area (Å²) in [6.07, 6.45) is 0.970. The Bertz CT molecular complexity index is 451. The molecule has 1 unspecified atom stereocenters. The maximum atomic E-state index is 12.4. The second-order valence-electron chi connectivity index (χ2n) is 4.49. The SMILES string of the molecule is COc1cc(Cl)ccc1C(=O)N1CCC(CN)C1. The quantitative estimate of drug-likeness (QED) is 0.909. The van der Waals surface area contributed by atoms with E-state index in [0.717, 1.165) is 19.5 Å². The minimum Gasteiger partial charge on any atom is -0.496 e. The first kappa shape index (κ1) is 13.2. The Morgan fingerprint density at radius 2 is 2.39 bits per heavy atom. The van der Waals surface area contributed by atoms with Crippen molar-refractivity contribution in [2.24, 2.45) is 11.7 Å². The lowest BCUT2D eigenvalue weighted by molar-refractivity contribution is 0.0784. The molecule has 0 aliphatic carbocycles. The summed E-state index contributed by atoms with van der Waals surface area (Å²) in [4.78, 5) is 14.2. The Hall–Kier alpha value is -1.26. The smallest absolute Gasteiger partial charge is 0.257 e. The summed E-state index contributed by atoms with van der Waals surface area (Å²) >= 11 is 5.88. The van der Waals surface area contributed by atoms with E-state index in [-0.39, 0.29) is 5.91 Å². The molecule has 2 N–H and O–H groups in total. The van der Waals surface area contributed by atoms with Gasteiger partial charge in [-0.2, -0.15) is 0 Å². The van der Waals surface area contributed by atoms with Gasteiger partial charge >= 0.3 is 0 Å². The molecule has 1 amide bonds. The van der Waals surface area contributed by atoms with Crippen molar-refractivity contribution in [1.29, 1.82) is 0 Å². The molecular formula is C13H17ClN2O2. The third-order valence-corrected chi connectivity index (χ3v) is 3.54. The van der Waals surface area contributed by atoms with Crippen LogP contribution in [0.1, 0.15) is 16.8 Å². The van der Waals surface area contributed by atoms with E-state index >= 15 is 0 Å². The number of halogens is 1. The van der Waals surface area contributed by atoms with Crippen molar-refractivity contribution in [3.63, 3.8) is 0 Å². The maximum absolute atomic E-state index is 12.4. The Morgan fingerprint density at radius 1 is 1.61 bits per heavy atom. The van der Waals surface area contributed by atoms with Crippen LogP contribution in [0.3, 0.4) is 0 Å². The molecule has 1 aromatic carbocycles. The highest BCUT2D eigenvalue weighted by Gasteiger charge is 2.27. The third-order valence-electron chi connectivity index (χ3n) is 3.30. The lowest BCUT2D eigenvalue weighted by Crippen LogP contribution is -2.30. The zero-order chi connectivity index (χ0) is 13.1. The lowest BCUT2D eigenvalue weighted by atomic mass is 10.1. The highest BCUT2D eigenvalue weighted by atomic mass is 35.5. The van der Waals surface area contributed by atoms with Crippen LogP contribution in [0.2, 0.25) is 5.02 Å². The third kappa shape index (κ3) is 2.60. The summed E-state index contributed by atoms with van der Waals surface area (Å²) in [5.74, 6) is 0.912. The van der Waals surface area contributed by atoms with E-state index in [2.05, 4.69) is 0 Å². The second-order valence-corrected chi connectivity index (χ2v) is 4.92. The molecule has 0 bridgehead atoms. The number of benzene rings is 1. The van der Waals surface area contributed by atoms with Gasteiger partial charge < -0.3 is 15.4 Å². The predicted octanol–water partition coefficient (Wildman–Crippen LogP) is 1.77. The van der Waals surface area contributed by atoms with Crippen molar-refractivity contribution in [2.45, 2.75) is 6.42 Å². The molecule has 1 fully saturated rings. The van der Waals surface area contributed by atoms with Crippen LogP contribution in [0.15, 0.2) is 18.2 Å². The highest BCUT2D eigenvalue weighted by Crippen LogP contribution is 2.26. The molecule has 5 heteroatoms. The fraction of sp³-hybridized carbons (Fsp3) is 0.462. The number of likely N-dealkylation sites (tertiary alicyclic amines) is 1. The van der Waals surface area contributed by atoms with Gasteiger partial charge in [-0.05, 0) is 37.1 Å². The van der Waals surface area contributed by atoms with Gasteiger partial charge in [-0.1, -0.05) is 11.6 Å². The van der Waals surface area contributed by atoms with E-state index in [9.17, 15) is 4.79 Å². The van der Waals surface area contributed by atoms with E-state index in [1.54, 1.807) is 18.2 Å². The summed E-state index contributed by atoms with van der Waals surface area (Å²) < 4.78 is 5.20. The van der Waals surface area contributed by atoms with Crippen molar-refractivity contribution >= 4 is 17.5 Å². The Kier molecular flexibility index (Phi) is 4.09. The summed E-state index contributed by atoms with van der Waals surface area (Å²) in [6, 6.07) is 5.07. The van der Waals surface area contributed by atoms with Gasteiger partial charge in [0.1, 0.15) is 5.75 Å². The number of carbonyl (C=O) groups is 1.